The van der Waals surface area contributed by atoms with E-state index in [1.165, 1.54) is 29.5 Å². The summed E-state index contributed by atoms with van der Waals surface area (Å²) in [5.41, 5.74) is 4.62. The Kier molecular flexibility index (Phi) is 5.78. The highest BCUT2D eigenvalue weighted by Gasteiger charge is 2.19. The van der Waals surface area contributed by atoms with E-state index < -0.39 is 16.7 Å². The number of nitro benzene ring substituents is 1. The van der Waals surface area contributed by atoms with Gasteiger partial charge in [0.05, 0.1) is 11.5 Å². The number of aromatic nitrogens is 3. The molecular formula is C18H16N6O5. The van der Waals surface area contributed by atoms with E-state index in [-0.39, 0.29) is 16.9 Å². The maximum atomic E-state index is 12.3. The van der Waals surface area contributed by atoms with E-state index in [0.717, 1.165) is 6.07 Å². The summed E-state index contributed by atoms with van der Waals surface area (Å²) in [7, 11) is 0. The molecule has 0 atom stereocenters. The lowest BCUT2D eigenvalue weighted by atomic mass is 10.1. The fraction of sp³-hybridized carbons (Fsp3) is 0.111. The van der Waals surface area contributed by atoms with Crippen molar-refractivity contribution >= 4 is 17.5 Å². The summed E-state index contributed by atoms with van der Waals surface area (Å²) in [6.07, 6.45) is 2.54. The molecule has 2 amide bonds. The van der Waals surface area contributed by atoms with Gasteiger partial charge in [0, 0.05) is 17.2 Å². The van der Waals surface area contributed by atoms with Crippen LogP contribution in [0.1, 0.15) is 27.6 Å². The number of nitrogens with one attached hydrogen (secondary N) is 2. The first kappa shape index (κ1) is 19.5. The van der Waals surface area contributed by atoms with Gasteiger partial charge in [-0.3, -0.25) is 30.6 Å². The summed E-state index contributed by atoms with van der Waals surface area (Å²) in [5, 5.41) is 15.2. The molecule has 148 valence electrons. The van der Waals surface area contributed by atoms with Crippen LogP contribution in [0.2, 0.25) is 0 Å². The molecule has 0 fully saturated rings. The van der Waals surface area contributed by atoms with Crippen molar-refractivity contribution in [3.8, 4) is 11.4 Å². The summed E-state index contributed by atoms with van der Waals surface area (Å²) in [6, 6.07) is 10.2. The van der Waals surface area contributed by atoms with Gasteiger partial charge in [0.15, 0.2) is 0 Å². The van der Waals surface area contributed by atoms with E-state index in [1.807, 2.05) is 6.92 Å². The van der Waals surface area contributed by atoms with Crippen LogP contribution in [0.15, 0.2) is 55.1 Å². The number of nitro groups is 1. The minimum absolute atomic E-state index is 0.00689. The fourth-order valence-corrected chi connectivity index (χ4v) is 2.46. The lowest BCUT2D eigenvalue weighted by molar-refractivity contribution is -0.384. The number of hydrazine groups is 1. The van der Waals surface area contributed by atoms with Crippen LogP contribution in [0.4, 0.5) is 5.69 Å². The van der Waals surface area contributed by atoms with Crippen molar-refractivity contribution in [3.05, 3.63) is 76.4 Å². The Morgan fingerprint density at radius 1 is 1.10 bits per heavy atom. The largest absolute Gasteiger partial charge is 0.494 e. The van der Waals surface area contributed by atoms with Gasteiger partial charge in [-0.15, -0.1) is 0 Å². The van der Waals surface area contributed by atoms with Crippen LogP contribution >= 0.6 is 0 Å². The van der Waals surface area contributed by atoms with Gasteiger partial charge < -0.3 is 4.74 Å². The van der Waals surface area contributed by atoms with Gasteiger partial charge in [-0.25, -0.2) is 9.67 Å². The minimum atomic E-state index is -0.711. The molecule has 0 bridgehead atoms. The number of hydrogen-bond donors (Lipinski definition) is 2. The molecule has 0 spiro atoms. The normalized spacial score (nSPS) is 10.2. The Balaban J connectivity index is 1.69. The minimum Gasteiger partial charge on any atom is -0.494 e. The number of carbonyl (C=O) groups is 2. The van der Waals surface area contributed by atoms with Crippen molar-refractivity contribution < 1.29 is 19.2 Å². The number of amides is 2. The van der Waals surface area contributed by atoms with E-state index in [0.29, 0.717) is 17.9 Å². The molecule has 1 heterocycles. The van der Waals surface area contributed by atoms with Crippen LogP contribution in [0.5, 0.6) is 5.75 Å². The average Bonchev–Trinajstić information content (AvgIpc) is 3.26. The Morgan fingerprint density at radius 2 is 1.76 bits per heavy atom. The predicted molar refractivity (Wildman–Crippen MR) is 101 cm³/mol. The molecule has 0 unspecified atom stereocenters. The molecule has 11 heteroatoms. The molecule has 3 rings (SSSR count). The van der Waals surface area contributed by atoms with Crippen molar-refractivity contribution in [1.82, 2.24) is 25.6 Å². The molecule has 2 N–H and O–H groups in total. The fourth-order valence-electron chi connectivity index (χ4n) is 2.46. The maximum absolute atomic E-state index is 12.3. The first-order valence-corrected chi connectivity index (χ1v) is 8.46. The highest BCUT2D eigenvalue weighted by molar-refractivity contribution is 5.99. The maximum Gasteiger partial charge on any atom is 0.295 e. The van der Waals surface area contributed by atoms with Crippen molar-refractivity contribution in [2.75, 3.05) is 6.61 Å². The molecule has 0 saturated heterocycles. The monoisotopic (exact) mass is 396 g/mol. The second kappa shape index (κ2) is 8.61. The number of carbonyl (C=O) groups excluding carboxylic acids is 2. The smallest absolute Gasteiger partial charge is 0.295 e. The quantitative estimate of drug-likeness (QED) is 0.476. The molecular weight excluding hydrogens is 380 g/mol. The first-order valence-electron chi connectivity index (χ1n) is 8.46. The summed E-state index contributed by atoms with van der Waals surface area (Å²) in [6.45, 7) is 2.35. The zero-order valence-electron chi connectivity index (χ0n) is 15.2. The van der Waals surface area contributed by atoms with Crippen LogP contribution in [0, 0.1) is 10.1 Å². The molecule has 0 aliphatic heterocycles. The van der Waals surface area contributed by atoms with Gasteiger partial charge >= 0.3 is 0 Å². The zero-order chi connectivity index (χ0) is 20.8. The highest BCUT2D eigenvalue weighted by Crippen LogP contribution is 2.23. The first-order chi connectivity index (χ1) is 14.0. The second-order valence-electron chi connectivity index (χ2n) is 5.67. The van der Waals surface area contributed by atoms with Crippen molar-refractivity contribution in [2.24, 2.45) is 0 Å². The third-order valence-corrected chi connectivity index (χ3v) is 3.82. The van der Waals surface area contributed by atoms with Crippen molar-refractivity contribution in [2.45, 2.75) is 6.92 Å². The SMILES string of the molecule is CCOc1ccc(C(=O)NNC(=O)c2ccc(-n3cncn3)c([N+](=O)[O-])c2)cc1. The Labute approximate surface area is 164 Å². The van der Waals surface area contributed by atoms with E-state index >= 15 is 0 Å². The van der Waals surface area contributed by atoms with E-state index in [9.17, 15) is 19.7 Å². The highest BCUT2D eigenvalue weighted by atomic mass is 16.6. The van der Waals surface area contributed by atoms with E-state index in [2.05, 4.69) is 20.9 Å². The summed E-state index contributed by atoms with van der Waals surface area (Å²) >= 11 is 0. The molecule has 11 nitrogen and oxygen atoms in total. The van der Waals surface area contributed by atoms with Crippen LogP contribution in [-0.4, -0.2) is 38.1 Å². The summed E-state index contributed by atoms with van der Waals surface area (Å²) in [4.78, 5) is 38.9. The molecule has 0 radical (unpaired) electrons. The topological polar surface area (TPSA) is 141 Å². The molecule has 0 saturated carbocycles. The molecule has 29 heavy (non-hydrogen) atoms. The third-order valence-electron chi connectivity index (χ3n) is 3.82. The van der Waals surface area contributed by atoms with Crippen LogP contribution < -0.4 is 15.6 Å². The van der Waals surface area contributed by atoms with Gasteiger partial charge in [0.25, 0.3) is 17.5 Å². The molecule has 2 aromatic carbocycles. The van der Waals surface area contributed by atoms with Crippen molar-refractivity contribution in [3.63, 3.8) is 0 Å². The standard InChI is InChI=1S/C18H16N6O5/c1-2-29-14-6-3-12(4-7-14)17(25)21-22-18(26)13-5-8-15(16(9-13)24(27)28)23-11-19-10-20-23/h3-11H,2H2,1H3,(H,21,25)(H,22,26). The van der Waals surface area contributed by atoms with Crippen LogP contribution in [0.25, 0.3) is 5.69 Å². The molecule has 0 aliphatic rings. The predicted octanol–water partition coefficient (Wildman–Crippen LogP) is 1.65. The lowest BCUT2D eigenvalue weighted by Crippen LogP contribution is -2.41. The molecule has 1 aromatic heterocycles. The average molecular weight is 396 g/mol. The Morgan fingerprint density at radius 3 is 2.34 bits per heavy atom. The lowest BCUT2D eigenvalue weighted by Gasteiger charge is -2.09. The molecule has 3 aromatic rings. The van der Waals surface area contributed by atoms with E-state index in [1.54, 1.807) is 24.3 Å². The second-order valence-corrected chi connectivity index (χ2v) is 5.67. The number of nitrogens with zero attached hydrogens (tertiary/aromatic N) is 4. The Hall–Kier alpha value is -4.28. The van der Waals surface area contributed by atoms with Gasteiger partial charge in [-0.05, 0) is 43.3 Å². The van der Waals surface area contributed by atoms with Gasteiger partial charge in [0.2, 0.25) is 0 Å². The number of rotatable bonds is 6. The number of benzene rings is 2. The number of hydrogen-bond acceptors (Lipinski definition) is 7. The van der Waals surface area contributed by atoms with Crippen LogP contribution in [0.3, 0.4) is 0 Å². The van der Waals surface area contributed by atoms with Crippen molar-refractivity contribution in [1.29, 1.82) is 0 Å². The Bertz CT molecular complexity index is 1030. The number of ether oxygens (including phenoxy) is 1. The summed E-state index contributed by atoms with van der Waals surface area (Å²) in [5.74, 6) is -0.638. The van der Waals surface area contributed by atoms with Gasteiger partial charge in [-0.1, -0.05) is 0 Å². The zero-order valence-corrected chi connectivity index (χ0v) is 15.2. The third kappa shape index (κ3) is 4.53. The summed E-state index contributed by atoms with van der Waals surface area (Å²) < 4.78 is 6.51. The molecule has 0 aliphatic carbocycles. The van der Waals surface area contributed by atoms with Crippen LogP contribution in [-0.2, 0) is 0 Å². The van der Waals surface area contributed by atoms with Gasteiger partial charge in [-0.2, -0.15) is 5.10 Å². The van der Waals surface area contributed by atoms with Gasteiger partial charge in [0.1, 0.15) is 24.1 Å². The van der Waals surface area contributed by atoms with E-state index in [4.69, 9.17) is 4.74 Å².